The van der Waals surface area contributed by atoms with Crippen LogP contribution in [0, 0.1) is 6.92 Å². The van der Waals surface area contributed by atoms with E-state index < -0.39 is 0 Å². The number of hydrogen-bond acceptors (Lipinski definition) is 2. The first-order chi connectivity index (χ1) is 8.19. The third kappa shape index (κ3) is 4.98. The predicted octanol–water partition coefficient (Wildman–Crippen LogP) is 4.46. The van der Waals surface area contributed by atoms with E-state index in [2.05, 4.69) is 50.9 Å². The van der Waals surface area contributed by atoms with Crippen LogP contribution in [0.15, 0.2) is 16.6 Å². The quantitative estimate of drug-likeness (QED) is 0.524. The van der Waals surface area contributed by atoms with E-state index >= 15 is 0 Å². The Morgan fingerprint density at radius 3 is 2.65 bits per heavy atom. The number of benzene rings is 1. The van der Waals surface area contributed by atoms with Gasteiger partial charge >= 0.3 is 0 Å². The molecule has 96 valence electrons. The minimum Gasteiger partial charge on any atom is -0.493 e. The van der Waals surface area contributed by atoms with E-state index in [1.807, 2.05) is 6.92 Å². The first kappa shape index (κ1) is 15.0. The number of ether oxygens (including phenoxy) is 2. The molecule has 0 radical (unpaired) electrons. The highest BCUT2D eigenvalue weighted by Crippen LogP contribution is 2.29. The monoisotopic (exact) mass is 364 g/mol. The van der Waals surface area contributed by atoms with Gasteiger partial charge in [-0.2, -0.15) is 0 Å². The summed E-state index contributed by atoms with van der Waals surface area (Å²) < 4.78 is 12.2. The highest BCUT2D eigenvalue weighted by atomic mass is 79.9. The Bertz CT molecular complexity index is 354. The third-order valence-electron chi connectivity index (χ3n) is 2.34. The smallest absolute Gasteiger partial charge is 0.126 e. The zero-order valence-electron chi connectivity index (χ0n) is 10.3. The standard InChI is InChI=1S/C13H18Br2O2/c1-3-16-5-4-6-17-13-10(2)7-12(15)8-11(13)9-14/h7-8H,3-6,9H2,1-2H3. The molecule has 0 bridgehead atoms. The van der Waals surface area contributed by atoms with Crippen molar-refractivity contribution in [2.24, 2.45) is 0 Å². The number of halogens is 2. The summed E-state index contributed by atoms with van der Waals surface area (Å²) in [6, 6.07) is 4.16. The van der Waals surface area contributed by atoms with Crippen LogP contribution in [0.2, 0.25) is 0 Å². The summed E-state index contributed by atoms with van der Waals surface area (Å²) >= 11 is 6.98. The lowest BCUT2D eigenvalue weighted by Crippen LogP contribution is -2.05. The lowest BCUT2D eigenvalue weighted by molar-refractivity contribution is 0.130. The molecule has 4 heteroatoms. The minimum absolute atomic E-state index is 0.697. The highest BCUT2D eigenvalue weighted by Gasteiger charge is 2.07. The maximum absolute atomic E-state index is 5.83. The number of aryl methyl sites for hydroxylation is 1. The average Bonchev–Trinajstić information content (AvgIpc) is 2.30. The summed E-state index contributed by atoms with van der Waals surface area (Å²) in [6.45, 7) is 6.29. The fourth-order valence-electron chi connectivity index (χ4n) is 1.58. The largest absolute Gasteiger partial charge is 0.493 e. The first-order valence-corrected chi connectivity index (χ1v) is 7.66. The molecule has 1 aromatic carbocycles. The van der Waals surface area contributed by atoms with Crippen LogP contribution >= 0.6 is 31.9 Å². The second kappa shape index (κ2) is 8.11. The summed E-state index contributed by atoms with van der Waals surface area (Å²) in [7, 11) is 0. The summed E-state index contributed by atoms with van der Waals surface area (Å²) in [5.74, 6) is 0.988. The lowest BCUT2D eigenvalue weighted by atomic mass is 10.1. The van der Waals surface area contributed by atoms with Gasteiger partial charge in [-0.1, -0.05) is 31.9 Å². The lowest BCUT2D eigenvalue weighted by Gasteiger charge is -2.13. The van der Waals surface area contributed by atoms with E-state index in [-0.39, 0.29) is 0 Å². The van der Waals surface area contributed by atoms with E-state index in [0.717, 1.165) is 40.8 Å². The van der Waals surface area contributed by atoms with Crippen LogP contribution in [0.1, 0.15) is 24.5 Å². The summed E-state index contributed by atoms with van der Waals surface area (Å²) in [4.78, 5) is 0. The highest BCUT2D eigenvalue weighted by molar-refractivity contribution is 9.10. The van der Waals surface area contributed by atoms with Gasteiger partial charge in [0.05, 0.1) is 6.61 Å². The van der Waals surface area contributed by atoms with E-state index in [4.69, 9.17) is 9.47 Å². The van der Waals surface area contributed by atoms with E-state index in [9.17, 15) is 0 Å². The van der Waals surface area contributed by atoms with Crippen molar-refractivity contribution in [3.63, 3.8) is 0 Å². The minimum atomic E-state index is 0.697. The number of hydrogen-bond donors (Lipinski definition) is 0. The van der Waals surface area contributed by atoms with Crippen molar-refractivity contribution in [2.75, 3.05) is 19.8 Å². The molecule has 2 nitrogen and oxygen atoms in total. The first-order valence-electron chi connectivity index (χ1n) is 5.74. The van der Waals surface area contributed by atoms with Gasteiger partial charge in [0.2, 0.25) is 0 Å². The summed E-state index contributed by atoms with van der Waals surface area (Å²) in [6.07, 6.45) is 0.922. The zero-order chi connectivity index (χ0) is 12.7. The van der Waals surface area contributed by atoms with Crippen LogP contribution in [-0.2, 0) is 10.1 Å². The molecule has 0 N–H and O–H groups in total. The molecule has 0 aliphatic rings. The van der Waals surface area contributed by atoms with Crippen molar-refractivity contribution >= 4 is 31.9 Å². The van der Waals surface area contributed by atoms with E-state index in [1.165, 1.54) is 5.56 Å². The molecule has 0 atom stereocenters. The molecule has 0 spiro atoms. The maximum atomic E-state index is 5.83. The molecule has 0 saturated heterocycles. The topological polar surface area (TPSA) is 18.5 Å². The molecule has 0 aliphatic carbocycles. The van der Waals surface area contributed by atoms with Gasteiger partial charge in [0.25, 0.3) is 0 Å². The number of alkyl halides is 1. The van der Waals surface area contributed by atoms with Crippen LogP contribution in [0.25, 0.3) is 0 Å². The van der Waals surface area contributed by atoms with Gasteiger partial charge in [-0.05, 0) is 31.5 Å². The van der Waals surface area contributed by atoms with Gasteiger partial charge in [-0.25, -0.2) is 0 Å². The SMILES string of the molecule is CCOCCCOc1c(C)cc(Br)cc1CBr. The molecule has 1 rings (SSSR count). The van der Waals surface area contributed by atoms with Gasteiger partial charge < -0.3 is 9.47 Å². The van der Waals surface area contributed by atoms with Gasteiger partial charge in [0.1, 0.15) is 5.75 Å². The molecule has 0 aliphatic heterocycles. The van der Waals surface area contributed by atoms with Gasteiger partial charge in [-0.3, -0.25) is 0 Å². The second-order valence-electron chi connectivity index (χ2n) is 3.74. The van der Waals surface area contributed by atoms with Crippen molar-refractivity contribution in [3.8, 4) is 5.75 Å². The normalized spacial score (nSPS) is 10.6. The summed E-state index contributed by atoms with van der Waals surface area (Å²) in [5.41, 5.74) is 2.33. The number of rotatable bonds is 7. The van der Waals surface area contributed by atoms with Crippen molar-refractivity contribution in [1.29, 1.82) is 0 Å². The second-order valence-corrected chi connectivity index (χ2v) is 5.22. The van der Waals surface area contributed by atoms with Crippen molar-refractivity contribution < 1.29 is 9.47 Å². The van der Waals surface area contributed by atoms with Crippen LogP contribution in [-0.4, -0.2) is 19.8 Å². The Kier molecular flexibility index (Phi) is 7.16. The van der Waals surface area contributed by atoms with E-state index in [1.54, 1.807) is 0 Å². The molecule has 0 saturated carbocycles. The molecule has 0 aromatic heterocycles. The molecule has 1 aromatic rings. The fraction of sp³-hybridized carbons (Fsp3) is 0.538. The Morgan fingerprint density at radius 1 is 1.24 bits per heavy atom. The Balaban J connectivity index is 2.57. The summed E-state index contributed by atoms with van der Waals surface area (Å²) in [5, 5.41) is 0.800. The molecule has 0 amide bonds. The molecule has 0 fully saturated rings. The predicted molar refractivity (Wildman–Crippen MR) is 78.1 cm³/mol. The van der Waals surface area contributed by atoms with E-state index in [0.29, 0.717) is 6.61 Å². The fourth-order valence-corrected chi connectivity index (χ4v) is 2.62. The maximum Gasteiger partial charge on any atom is 0.126 e. The Morgan fingerprint density at radius 2 is 2.00 bits per heavy atom. The molecule has 17 heavy (non-hydrogen) atoms. The van der Waals surface area contributed by atoms with Crippen molar-refractivity contribution in [1.82, 2.24) is 0 Å². The van der Waals surface area contributed by atoms with Crippen LogP contribution in [0.3, 0.4) is 0 Å². The van der Waals surface area contributed by atoms with Gasteiger partial charge in [0.15, 0.2) is 0 Å². The Labute approximate surface area is 120 Å². The Hall–Kier alpha value is -0.0600. The third-order valence-corrected chi connectivity index (χ3v) is 3.41. The van der Waals surface area contributed by atoms with Crippen LogP contribution in [0.4, 0.5) is 0 Å². The molecule has 0 unspecified atom stereocenters. The van der Waals surface area contributed by atoms with Crippen LogP contribution < -0.4 is 4.74 Å². The zero-order valence-corrected chi connectivity index (χ0v) is 13.4. The molecular weight excluding hydrogens is 348 g/mol. The molecular formula is C13H18Br2O2. The molecule has 0 heterocycles. The van der Waals surface area contributed by atoms with Gasteiger partial charge in [0, 0.05) is 35.0 Å². The average molecular weight is 366 g/mol. The van der Waals surface area contributed by atoms with Crippen molar-refractivity contribution in [3.05, 3.63) is 27.7 Å². The van der Waals surface area contributed by atoms with Crippen molar-refractivity contribution in [2.45, 2.75) is 25.6 Å². The van der Waals surface area contributed by atoms with Crippen LogP contribution in [0.5, 0.6) is 5.75 Å². The van der Waals surface area contributed by atoms with Gasteiger partial charge in [-0.15, -0.1) is 0 Å².